The van der Waals surface area contributed by atoms with Crippen molar-refractivity contribution < 1.29 is 14.1 Å². The van der Waals surface area contributed by atoms with E-state index in [0.717, 1.165) is 32.8 Å². The van der Waals surface area contributed by atoms with Crippen LogP contribution >= 0.6 is 0 Å². The summed E-state index contributed by atoms with van der Waals surface area (Å²) in [7, 11) is 0. The van der Waals surface area contributed by atoms with Crippen LogP contribution in [0.5, 0.6) is 0 Å². The molecular weight excluding hydrogens is 234 g/mol. The molecule has 0 radical (unpaired) electrons. The fourth-order valence-corrected chi connectivity index (χ4v) is 1.99. The highest BCUT2D eigenvalue weighted by atomic mass is 16.5. The Hall–Kier alpha value is -1.40. The number of hydrogen-bond acceptors (Lipinski definition) is 5. The molecule has 1 aliphatic rings. The zero-order chi connectivity index (χ0) is 13.0. The van der Waals surface area contributed by atoms with Gasteiger partial charge in [0, 0.05) is 31.7 Å². The zero-order valence-corrected chi connectivity index (χ0v) is 10.8. The molecule has 0 spiro atoms. The lowest BCUT2D eigenvalue weighted by atomic mass is 10.2. The van der Waals surface area contributed by atoms with Gasteiger partial charge in [0.05, 0.1) is 13.2 Å². The Labute approximate surface area is 106 Å². The van der Waals surface area contributed by atoms with E-state index in [1.807, 2.05) is 6.92 Å². The van der Waals surface area contributed by atoms with Crippen LogP contribution < -0.4 is 5.32 Å². The number of carbonyl (C=O) groups excluding carboxylic acids is 1. The molecule has 0 bridgehead atoms. The van der Waals surface area contributed by atoms with E-state index >= 15 is 0 Å². The summed E-state index contributed by atoms with van der Waals surface area (Å²) in [5.41, 5.74) is 0.335. The normalized spacial score (nSPS) is 18.6. The average molecular weight is 253 g/mol. The van der Waals surface area contributed by atoms with Crippen molar-refractivity contribution in [3.05, 3.63) is 17.5 Å². The molecule has 2 heterocycles. The number of morpholine rings is 1. The predicted molar refractivity (Wildman–Crippen MR) is 65.4 cm³/mol. The first-order valence-electron chi connectivity index (χ1n) is 6.19. The summed E-state index contributed by atoms with van der Waals surface area (Å²) in [5.74, 6) is 0.452. The van der Waals surface area contributed by atoms with Crippen molar-refractivity contribution in [2.24, 2.45) is 0 Å². The van der Waals surface area contributed by atoms with Crippen LogP contribution in [0, 0.1) is 6.92 Å². The van der Waals surface area contributed by atoms with Gasteiger partial charge in [-0.25, -0.2) is 0 Å². The third-order valence-corrected chi connectivity index (χ3v) is 2.87. The average Bonchev–Trinajstić information content (AvgIpc) is 2.77. The van der Waals surface area contributed by atoms with Gasteiger partial charge in [-0.05, 0) is 13.8 Å². The lowest BCUT2D eigenvalue weighted by molar-refractivity contribution is 0.0342. The SMILES string of the molecule is Cc1cc(C(=O)N[C@H](C)CN2CCOCC2)no1. The first kappa shape index (κ1) is 13.0. The van der Waals surface area contributed by atoms with Gasteiger partial charge >= 0.3 is 0 Å². The molecule has 0 aliphatic carbocycles. The van der Waals surface area contributed by atoms with Gasteiger partial charge in [0.15, 0.2) is 5.69 Å². The van der Waals surface area contributed by atoms with E-state index in [-0.39, 0.29) is 11.9 Å². The molecule has 1 atom stereocenters. The molecule has 0 aromatic carbocycles. The molecule has 0 unspecified atom stereocenters. The molecule has 1 aromatic rings. The molecule has 100 valence electrons. The molecular formula is C12H19N3O3. The highest BCUT2D eigenvalue weighted by Gasteiger charge is 2.17. The second kappa shape index (κ2) is 5.97. The number of ether oxygens (including phenoxy) is 1. The minimum atomic E-state index is -0.187. The van der Waals surface area contributed by atoms with Crippen LogP contribution in [0.2, 0.25) is 0 Å². The maximum Gasteiger partial charge on any atom is 0.273 e. The van der Waals surface area contributed by atoms with Crippen LogP contribution in [-0.2, 0) is 4.74 Å². The van der Waals surface area contributed by atoms with Crippen molar-refractivity contribution in [2.75, 3.05) is 32.8 Å². The van der Waals surface area contributed by atoms with Crippen LogP contribution in [0.25, 0.3) is 0 Å². The van der Waals surface area contributed by atoms with Gasteiger partial charge in [0.1, 0.15) is 5.76 Å². The number of hydrogen-bond donors (Lipinski definition) is 1. The van der Waals surface area contributed by atoms with Crippen LogP contribution in [0.15, 0.2) is 10.6 Å². The van der Waals surface area contributed by atoms with Crippen molar-refractivity contribution in [2.45, 2.75) is 19.9 Å². The Morgan fingerprint density at radius 1 is 1.56 bits per heavy atom. The van der Waals surface area contributed by atoms with E-state index in [0.29, 0.717) is 11.5 Å². The maximum atomic E-state index is 11.8. The molecule has 18 heavy (non-hydrogen) atoms. The fraction of sp³-hybridized carbons (Fsp3) is 0.667. The van der Waals surface area contributed by atoms with Gasteiger partial charge in [-0.3, -0.25) is 9.69 Å². The topological polar surface area (TPSA) is 67.6 Å². The largest absolute Gasteiger partial charge is 0.379 e. The standard InChI is InChI=1S/C12H19N3O3/c1-9(8-15-3-5-17-6-4-15)13-12(16)11-7-10(2)18-14-11/h7,9H,3-6,8H2,1-2H3,(H,13,16)/t9-/m1/s1. The third-order valence-electron chi connectivity index (χ3n) is 2.87. The Morgan fingerprint density at radius 2 is 2.28 bits per heavy atom. The Kier molecular flexibility index (Phi) is 4.33. The molecule has 1 aliphatic heterocycles. The number of carbonyl (C=O) groups is 1. The minimum Gasteiger partial charge on any atom is -0.379 e. The van der Waals surface area contributed by atoms with Crippen molar-refractivity contribution >= 4 is 5.91 Å². The van der Waals surface area contributed by atoms with E-state index in [1.54, 1.807) is 13.0 Å². The second-order valence-corrected chi connectivity index (χ2v) is 4.61. The molecule has 6 heteroatoms. The monoisotopic (exact) mass is 253 g/mol. The van der Waals surface area contributed by atoms with E-state index in [1.165, 1.54) is 0 Å². The highest BCUT2D eigenvalue weighted by molar-refractivity contribution is 5.92. The summed E-state index contributed by atoms with van der Waals surface area (Å²) in [5, 5.41) is 6.61. The van der Waals surface area contributed by atoms with Crippen LogP contribution in [-0.4, -0.2) is 54.9 Å². The molecule has 1 N–H and O–H groups in total. The maximum absolute atomic E-state index is 11.8. The van der Waals surface area contributed by atoms with E-state index in [4.69, 9.17) is 9.26 Å². The quantitative estimate of drug-likeness (QED) is 0.843. The number of rotatable bonds is 4. The minimum absolute atomic E-state index is 0.0765. The van der Waals surface area contributed by atoms with E-state index < -0.39 is 0 Å². The van der Waals surface area contributed by atoms with Crippen molar-refractivity contribution in [1.29, 1.82) is 0 Å². The number of aryl methyl sites for hydroxylation is 1. The lowest BCUT2D eigenvalue weighted by Gasteiger charge is -2.29. The van der Waals surface area contributed by atoms with E-state index in [9.17, 15) is 4.79 Å². The molecule has 1 aromatic heterocycles. The van der Waals surface area contributed by atoms with Crippen molar-refractivity contribution in [3.63, 3.8) is 0 Å². The van der Waals surface area contributed by atoms with Crippen LogP contribution in [0.3, 0.4) is 0 Å². The smallest absolute Gasteiger partial charge is 0.273 e. The molecule has 1 fully saturated rings. The molecule has 6 nitrogen and oxygen atoms in total. The Balaban J connectivity index is 1.79. The first-order chi connectivity index (χ1) is 8.65. The highest BCUT2D eigenvalue weighted by Crippen LogP contribution is 2.03. The first-order valence-corrected chi connectivity index (χ1v) is 6.19. The third kappa shape index (κ3) is 3.54. The summed E-state index contributed by atoms with van der Waals surface area (Å²) in [4.78, 5) is 14.1. The Bertz CT molecular complexity index is 399. The van der Waals surface area contributed by atoms with Crippen LogP contribution in [0.4, 0.5) is 0 Å². The number of nitrogens with zero attached hydrogens (tertiary/aromatic N) is 2. The molecule has 1 amide bonds. The summed E-state index contributed by atoms with van der Waals surface area (Å²) in [6.45, 7) is 7.95. The summed E-state index contributed by atoms with van der Waals surface area (Å²) < 4.78 is 10.2. The van der Waals surface area contributed by atoms with Gasteiger partial charge in [-0.15, -0.1) is 0 Å². The predicted octanol–water partition coefficient (Wildman–Crippen LogP) is 0.434. The lowest BCUT2D eigenvalue weighted by Crippen LogP contribution is -2.46. The molecule has 2 rings (SSSR count). The van der Waals surface area contributed by atoms with Gasteiger partial charge < -0.3 is 14.6 Å². The van der Waals surface area contributed by atoms with Crippen molar-refractivity contribution in [1.82, 2.24) is 15.4 Å². The van der Waals surface area contributed by atoms with Gasteiger partial charge in [-0.2, -0.15) is 0 Å². The van der Waals surface area contributed by atoms with Crippen LogP contribution in [0.1, 0.15) is 23.2 Å². The van der Waals surface area contributed by atoms with Gasteiger partial charge in [0.25, 0.3) is 5.91 Å². The van der Waals surface area contributed by atoms with Crippen molar-refractivity contribution in [3.8, 4) is 0 Å². The fourth-order valence-electron chi connectivity index (χ4n) is 1.99. The molecule has 1 saturated heterocycles. The number of amides is 1. The summed E-state index contributed by atoms with van der Waals surface area (Å²) in [6.07, 6.45) is 0. The summed E-state index contributed by atoms with van der Waals surface area (Å²) >= 11 is 0. The summed E-state index contributed by atoms with van der Waals surface area (Å²) in [6, 6.07) is 1.71. The second-order valence-electron chi connectivity index (χ2n) is 4.61. The van der Waals surface area contributed by atoms with Gasteiger partial charge in [0.2, 0.25) is 0 Å². The van der Waals surface area contributed by atoms with E-state index in [2.05, 4.69) is 15.4 Å². The van der Waals surface area contributed by atoms with Gasteiger partial charge in [-0.1, -0.05) is 5.16 Å². The number of aromatic nitrogens is 1. The zero-order valence-electron chi connectivity index (χ0n) is 10.8. The number of nitrogens with one attached hydrogen (secondary N) is 1. The molecule has 0 saturated carbocycles. The Morgan fingerprint density at radius 3 is 2.89 bits per heavy atom.